The Bertz CT molecular complexity index is 1760. The number of nitrogens with one attached hydrogen (secondary N) is 1. The number of hydrogen-bond acceptors (Lipinski definition) is 6. The Labute approximate surface area is 302 Å². The molecule has 3 atom stereocenters. The molecule has 0 amide bonds. The summed E-state index contributed by atoms with van der Waals surface area (Å²) >= 11 is 0. The molecular formula is C43H54N4O4. The number of ether oxygens (including phenoxy) is 2. The molecule has 270 valence electrons. The molecule has 1 N–H and O–H groups in total. The minimum absolute atomic E-state index is 0.0793. The zero-order valence-corrected chi connectivity index (χ0v) is 30.3. The first-order chi connectivity index (χ1) is 25.0. The van der Waals surface area contributed by atoms with Crippen LogP contribution in [0.15, 0.2) is 89.7 Å². The van der Waals surface area contributed by atoms with Gasteiger partial charge in [0.05, 0.1) is 13.2 Å². The molecule has 8 heteroatoms. The number of H-pyrrole nitrogens is 1. The number of esters is 1. The van der Waals surface area contributed by atoms with Gasteiger partial charge in [0, 0.05) is 56.3 Å². The zero-order chi connectivity index (χ0) is 35.2. The Morgan fingerprint density at radius 3 is 2.22 bits per heavy atom. The number of aryl methyl sites for hydroxylation is 1. The summed E-state index contributed by atoms with van der Waals surface area (Å²) in [5.41, 5.74) is 5.45. The highest BCUT2D eigenvalue weighted by molar-refractivity contribution is 5.76. The van der Waals surface area contributed by atoms with Gasteiger partial charge in [-0.3, -0.25) is 19.6 Å². The van der Waals surface area contributed by atoms with Crippen LogP contribution in [0, 0.1) is 18.8 Å². The molecule has 8 nitrogen and oxygen atoms in total. The second kappa shape index (κ2) is 16.5. The third-order valence-electron chi connectivity index (χ3n) is 11.8. The molecule has 3 aromatic carbocycles. The molecule has 0 radical (unpaired) electrons. The van der Waals surface area contributed by atoms with Crippen LogP contribution in [0.4, 0.5) is 0 Å². The lowest BCUT2D eigenvalue weighted by atomic mass is 9.83. The van der Waals surface area contributed by atoms with Crippen LogP contribution in [0.25, 0.3) is 0 Å². The summed E-state index contributed by atoms with van der Waals surface area (Å²) in [6.07, 6.45) is 8.31. The molecule has 3 heterocycles. The predicted octanol–water partition coefficient (Wildman–Crippen LogP) is 7.13. The second-order valence-corrected chi connectivity index (χ2v) is 15.1. The average Bonchev–Trinajstić information content (AvgIpc) is 3.71. The monoisotopic (exact) mass is 690 g/mol. The van der Waals surface area contributed by atoms with Crippen LogP contribution in [-0.4, -0.2) is 71.4 Å². The van der Waals surface area contributed by atoms with Crippen LogP contribution in [-0.2, 0) is 22.6 Å². The SMILES string of the molecule is COc1ccc(COC(=O)[C@@H](C2CCCCC2)N2C[C@H](CN3CCC(n4[nH]c(C)c(Cc5ccccc5)c4=O)CC3)[C@@H](c3ccccc3)C2)cc1. The highest BCUT2D eigenvalue weighted by Crippen LogP contribution is 2.39. The molecule has 4 aromatic rings. The molecule has 0 spiro atoms. The smallest absolute Gasteiger partial charge is 0.323 e. The Morgan fingerprint density at radius 1 is 0.843 bits per heavy atom. The summed E-state index contributed by atoms with van der Waals surface area (Å²) in [4.78, 5) is 32.7. The molecule has 2 aliphatic heterocycles. The van der Waals surface area contributed by atoms with Gasteiger partial charge in [-0.25, -0.2) is 4.68 Å². The van der Waals surface area contributed by atoms with Gasteiger partial charge in [0.25, 0.3) is 5.56 Å². The number of nitrogens with zero attached hydrogens (tertiary/aromatic N) is 3. The van der Waals surface area contributed by atoms with Crippen LogP contribution >= 0.6 is 0 Å². The van der Waals surface area contributed by atoms with Crippen molar-refractivity contribution < 1.29 is 14.3 Å². The Balaban J connectivity index is 1.03. The molecule has 7 rings (SSSR count). The highest BCUT2D eigenvalue weighted by atomic mass is 16.5. The molecule has 2 saturated heterocycles. The fourth-order valence-electron chi connectivity index (χ4n) is 9.01. The van der Waals surface area contributed by atoms with Gasteiger partial charge in [0.15, 0.2) is 0 Å². The maximum absolute atomic E-state index is 14.1. The van der Waals surface area contributed by atoms with Crippen molar-refractivity contribution in [3.05, 3.63) is 123 Å². The standard InChI is InChI=1S/C43H54N4O4/c1-31-39(26-32-12-6-3-7-13-32)42(48)47(44-31)37-22-24-45(25-23-37)27-36-28-46(29-40(36)34-14-8-4-9-15-34)41(35-16-10-5-11-17-35)43(49)51-30-33-18-20-38(50-2)21-19-33/h3-4,6-9,12-15,18-21,35-37,40-41,44H,5,10-11,16-17,22-30H2,1-2H3/t36-,40+,41+/m0/s1. The summed E-state index contributed by atoms with van der Waals surface area (Å²) in [5.74, 6) is 1.79. The Hall–Kier alpha value is -4.14. The number of hydrogen-bond donors (Lipinski definition) is 1. The van der Waals surface area contributed by atoms with Crippen LogP contribution in [0.5, 0.6) is 5.75 Å². The topological polar surface area (TPSA) is 79.8 Å². The lowest BCUT2D eigenvalue weighted by Crippen LogP contribution is -2.47. The molecule has 1 aromatic heterocycles. The average molecular weight is 691 g/mol. The zero-order valence-electron chi connectivity index (χ0n) is 30.3. The third-order valence-corrected chi connectivity index (χ3v) is 11.8. The quantitative estimate of drug-likeness (QED) is 0.160. The van der Waals surface area contributed by atoms with Gasteiger partial charge in [-0.15, -0.1) is 0 Å². The van der Waals surface area contributed by atoms with Gasteiger partial charge in [0.1, 0.15) is 18.4 Å². The molecule has 0 bridgehead atoms. The number of aromatic amines is 1. The van der Waals surface area contributed by atoms with Crippen molar-refractivity contribution in [2.24, 2.45) is 11.8 Å². The first kappa shape index (κ1) is 35.3. The van der Waals surface area contributed by atoms with Crippen LogP contribution in [0.1, 0.15) is 84.9 Å². The highest BCUT2D eigenvalue weighted by Gasteiger charge is 2.44. The van der Waals surface area contributed by atoms with E-state index in [1.165, 1.54) is 24.8 Å². The number of likely N-dealkylation sites (tertiary alicyclic amines) is 2. The van der Waals surface area contributed by atoms with Crippen molar-refractivity contribution in [2.75, 3.05) is 39.8 Å². The fraction of sp³-hybridized carbons (Fsp3) is 0.488. The van der Waals surface area contributed by atoms with Crippen molar-refractivity contribution in [2.45, 2.75) is 82.9 Å². The Kier molecular flexibility index (Phi) is 11.4. The molecular weight excluding hydrogens is 636 g/mol. The van der Waals surface area contributed by atoms with Crippen molar-refractivity contribution in [1.29, 1.82) is 0 Å². The van der Waals surface area contributed by atoms with Gasteiger partial charge in [-0.2, -0.15) is 0 Å². The molecule has 3 fully saturated rings. The van der Waals surface area contributed by atoms with E-state index in [1.54, 1.807) is 7.11 Å². The number of methoxy groups -OCH3 is 1. The lowest BCUT2D eigenvalue weighted by molar-refractivity contribution is -0.154. The summed E-state index contributed by atoms with van der Waals surface area (Å²) in [6, 6.07) is 28.9. The Morgan fingerprint density at radius 2 is 1.53 bits per heavy atom. The van der Waals surface area contributed by atoms with Crippen LogP contribution in [0.2, 0.25) is 0 Å². The van der Waals surface area contributed by atoms with Crippen molar-refractivity contribution in [3.8, 4) is 5.75 Å². The minimum atomic E-state index is -0.224. The van der Waals surface area contributed by atoms with E-state index in [1.807, 2.05) is 54.1 Å². The lowest BCUT2D eigenvalue weighted by Gasteiger charge is -2.36. The number of rotatable bonds is 12. The number of benzene rings is 3. The van der Waals surface area contributed by atoms with E-state index in [0.29, 0.717) is 24.2 Å². The third kappa shape index (κ3) is 8.34. The summed E-state index contributed by atoms with van der Waals surface area (Å²) in [6.45, 7) is 6.95. The number of piperidine rings is 1. The van der Waals surface area contributed by atoms with Crippen molar-refractivity contribution in [3.63, 3.8) is 0 Å². The number of aromatic nitrogens is 2. The summed E-state index contributed by atoms with van der Waals surface area (Å²) < 4.78 is 13.3. The number of carbonyl (C=O) groups excluding carboxylic acids is 1. The molecule has 51 heavy (non-hydrogen) atoms. The summed E-state index contributed by atoms with van der Waals surface area (Å²) in [5, 5.41) is 3.43. The van der Waals surface area contributed by atoms with Crippen LogP contribution in [0.3, 0.4) is 0 Å². The van der Waals surface area contributed by atoms with E-state index in [9.17, 15) is 9.59 Å². The fourth-order valence-corrected chi connectivity index (χ4v) is 9.01. The van der Waals surface area contributed by atoms with Gasteiger partial charge < -0.3 is 14.4 Å². The maximum atomic E-state index is 14.1. The predicted molar refractivity (Wildman–Crippen MR) is 201 cm³/mol. The largest absolute Gasteiger partial charge is 0.497 e. The summed E-state index contributed by atoms with van der Waals surface area (Å²) in [7, 11) is 1.66. The molecule has 1 aliphatic carbocycles. The maximum Gasteiger partial charge on any atom is 0.323 e. The minimum Gasteiger partial charge on any atom is -0.497 e. The first-order valence-electron chi connectivity index (χ1n) is 19.1. The van der Waals surface area contributed by atoms with E-state index in [0.717, 1.165) is 86.5 Å². The van der Waals surface area contributed by atoms with Gasteiger partial charge in [-0.05, 0) is 73.3 Å². The van der Waals surface area contributed by atoms with Crippen molar-refractivity contribution >= 4 is 5.97 Å². The van der Waals surface area contributed by atoms with Gasteiger partial charge in [-0.1, -0.05) is 92.1 Å². The number of carbonyl (C=O) groups is 1. The van der Waals surface area contributed by atoms with Crippen LogP contribution < -0.4 is 10.3 Å². The normalized spacial score (nSPS) is 21.5. The van der Waals surface area contributed by atoms with Gasteiger partial charge >= 0.3 is 5.97 Å². The molecule has 1 saturated carbocycles. The second-order valence-electron chi connectivity index (χ2n) is 15.1. The molecule has 0 unspecified atom stereocenters. The van der Waals surface area contributed by atoms with E-state index in [-0.39, 0.29) is 30.2 Å². The first-order valence-corrected chi connectivity index (χ1v) is 19.1. The van der Waals surface area contributed by atoms with E-state index >= 15 is 0 Å². The molecule has 3 aliphatic rings. The van der Waals surface area contributed by atoms with E-state index in [4.69, 9.17) is 9.47 Å². The van der Waals surface area contributed by atoms with Gasteiger partial charge in [0.2, 0.25) is 0 Å². The van der Waals surface area contributed by atoms with Crippen molar-refractivity contribution in [1.82, 2.24) is 19.6 Å². The van der Waals surface area contributed by atoms with E-state index in [2.05, 4.69) is 57.4 Å². The van der Waals surface area contributed by atoms with E-state index < -0.39 is 0 Å².